The van der Waals surface area contributed by atoms with E-state index in [1.54, 1.807) is 49.7 Å². The van der Waals surface area contributed by atoms with Crippen LogP contribution >= 0.6 is 22.6 Å². The maximum atomic E-state index is 13.2. The molecule has 2 aromatic heterocycles. The normalized spacial score (nSPS) is 11.6. The molecule has 0 bridgehead atoms. The minimum absolute atomic E-state index is 0.0842. The van der Waals surface area contributed by atoms with E-state index in [9.17, 15) is 12.8 Å². The SMILES string of the molecule is CCS(=O)(=O)Nc1ccc(-c2coc3c(I)cnc(N)c23)cc1OCc1ccc(F)cc1. The number of pyridine rings is 1. The third kappa shape index (κ3) is 4.65. The van der Waals surface area contributed by atoms with Crippen LogP contribution in [0.5, 0.6) is 5.75 Å². The van der Waals surface area contributed by atoms with Gasteiger partial charge in [-0.05, 0) is 64.9 Å². The lowest BCUT2D eigenvalue weighted by molar-refractivity contribution is 0.308. The van der Waals surface area contributed by atoms with E-state index in [0.717, 1.165) is 9.13 Å². The van der Waals surface area contributed by atoms with E-state index >= 15 is 0 Å². The third-order valence-electron chi connectivity index (χ3n) is 4.83. The van der Waals surface area contributed by atoms with E-state index in [2.05, 4.69) is 32.3 Å². The molecular formula is C22H19FIN3O4S. The van der Waals surface area contributed by atoms with E-state index in [4.69, 9.17) is 14.9 Å². The second kappa shape index (κ2) is 8.94. The highest BCUT2D eigenvalue weighted by Gasteiger charge is 2.18. The molecule has 0 saturated heterocycles. The molecule has 0 aliphatic carbocycles. The predicted molar refractivity (Wildman–Crippen MR) is 130 cm³/mol. The van der Waals surface area contributed by atoms with E-state index in [1.165, 1.54) is 12.1 Å². The second-order valence-electron chi connectivity index (χ2n) is 6.98. The second-order valence-corrected chi connectivity index (χ2v) is 10.1. The van der Waals surface area contributed by atoms with Crippen LogP contribution in [-0.2, 0) is 16.6 Å². The zero-order chi connectivity index (χ0) is 22.9. The minimum atomic E-state index is -3.53. The van der Waals surface area contributed by atoms with Crippen LogP contribution in [0.25, 0.3) is 22.1 Å². The summed E-state index contributed by atoms with van der Waals surface area (Å²) in [5.41, 5.74) is 9.17. The molecule has 0 atom stereocenters. The number of benzene rings is 2. The Balaban J connectivity index is 1.76. The number of fused-ring (bicyclic) bond motifs is 1. The van der Waals surface area contributed by atoms with Gasteiger partial charge in [0.25, 0.3) is 0 Å². The maximum Gasteiger partial charge on any atom is 0.232 e. The largest absolute Gasteiger partial charge is 0.487 e. The Bertz CT molecular complexity index is 1390. The summed E-state index contributed by atoms with van der Waals surface area (Å²) in [7, 11) is -3.53. The molecule has 2 heterocycles. The highest BCUT2D eigenvalue weighted by molar-refractivity contribution is 14.1. The molecule has 10 heteroatoms. The van der Waals surface area contributed by atoms with Gasteiger partial charge in [0.15, 0.2) is 5.58 Å². The molecule has 2 aromatic carbocycles. The number of rotatable bonds is 7. The number of ether oxygens (including phenoxy) is 1. The average molecular weight is 567 g/mol. The first-order chi connectivity index (χ1) is 15.3. The molecule has 0 spiro atoms. The first-order valence-electron chi connectivity index (χ1n) is 9.60. The Kier molecular flexibility index (Phi) is 6.24. The highest BCUT2D eigenvalue weighted by atomic mass is 127. The number of hydrogen-bond donors (Lipinski definition) is 2. The van der Waals surface area contributed by atoms with Crippen LogP contribution in [-0.4, -0.2) is 19.2 Å². The van der Waals surface area contributed by atoms with E-state index in [1.807, 2.05) is 0 Å². The first kappa shape index (κ1) is 22.3. The van der Waals surface area contributed by atoms with Gasteiger partial charge in [-0.25, -0.2) is 17.8 Å². The lowest BCUT2D eigenvalue weighted by Gasteiger charge is -2.15. The highest BCUT2D eigenvalue weighted by Crippen LogP contribution is 2.39. The Morgan fingerprint density at radius 3 is 2.69 bits per heavy atom. The van der Waals surface area contributed by atoms with E-state index in [-0.39, 0.29) is 18.2 Å². The van der Waals surface area contributed by atoms with Crippen molar-refractivity contribution < 1.29 is 22.0 Å². The third-order valence-corrected chi connectivity index (χ3v) is 6.89. The van der Waals surface area contributed by atoms with Crippen LogP contribution in [0.1, 0.15) is 12.5 Å². The summed E-state index contributed by atoms with van der Waals surface area (Å²) in [6.45, 7) is 1.67. The van der Waals surface area contributed by atoms with Crippen molar-refractivity contribution in [3.05, 3.63) is 69.9 Å². The van der Waals surface area contributed by atoms with Crippen molar-refractivity contribution in [1.29, 1.82) is 0 Å². The molecule has 4 aromatic rings. The van der Waals surface area contributed by atoms with Gasteiger partial charge in [-0.2, -0.15) is 0 Å². The molecule has 0 radical (unpaired) electrons. The number of nitrogen functional groups attached to an aromatic ring is 1. The molecule has 0 aliphatic heterocycles. The lowest BCUT2D eigenvalue weighted by atomic mass is 10.0. The van der Waals surface area contributed by atoms with Crippen LogP contribution in [0.2, 0.25) is 0 Å². The van der Waals surface area contributed by atoms with Crippen molar-refractivity contribution in [3.63, 3.8) is 0 Å². The van der Waals surface area contributed by atoms with Crippen LogP contribution < -0.4 is 15.2 Å². The zero-order valence-corrected chi connectivity index (χ0v) is 19.9. The lowest BCUT2D eigenvalue weighted by Crippen LogP contribution is -2.15. The van der Waals surface area contributed by atoms with Gasteiger partial charge in [0.05, 0.1) is 26.7 Å². The predicted octanol–water partition coefficient (Wildman–Crippen LogP) is 5.16. The monoisotopic (exact) mass is 567 g/mol. The number of nitrogens with two attached hydrogens (primary N) is 1. The molecule has 0 saturated carbocycles. The van der Waals surface area contributed by atoms with Crippen molar-refractivity contribution in [2.75, 3.05) is 16.2 Å². The summed E-state index contributed by atoms with van der Waals surface area (Å²) < 4.78 is 52.5. The number of aromatic nitrogens is 1. The van der Waals surface area contributed by atoms with Gasteiger partial charge in [0.1, 0.15) is 24.0 Å². The van der Waals surface area contributed by atoms with Crippen LogP contribution in [0.15, 0.2) is 59.3 Å². The van der Waals surface area contributed by atoms with Gasteiger partial charge < -0.3 is 14.9 Å². The number of nitrogens with zero attached hydrogens (tertiary/aromatic N) is 1. The molecular weight excluding hydrogens is 548 g/mol. The van der Waals surface area contributed by atoms with Crippen LogP contribution in [0, 0.1) is 9.39 Å². The summed E-state index contributed by atoms with van der Waals surface area (Å²) in [6, 6.07) is 11.0. The fourth-order valence-electron chi connectivity index (χ4n) is 3.12. The topological polar surface area (TPSA) is 107 Å². The van der Waals surface area contributed by atoms with Gasteiger partial charge in [-0.1, -0.05) is 18.2 Å². The molecule has 0 fully saturated rings. The van der Waals surface area contributed by atoms with Crippen molar-refractivity contribution in [2.45, 2.75) is 13.5 Å². The standard InChI is InChI=1S/C22H19FIN3O4S/c1-2-32(28,29)27-18-8-5-14(9-19(18)30-11-13-3-6-15(23)7-4-13)16-12-31-21-17(24)10-26-22(25)20(16)21/h3-10,12,27H,2,11H2,1H3,(H2,25,26). The Morgan fingerprint density at radius 1 is 1.22 bits per heavy atom. The van der Waals surface area contributed by atoms with E-state index in [0.29, 0.717) is 39.4 Å². The number of sulfonamides is 1. The van der Waals surface area contributed by atoms with E-state index < -0.39 is 10.0 Å². The van der Waals surface area contributed by atoms with Crippen LogP contribution in [0.4, 0.5) is 15.9 Å². The molecule has 4 rings (SSSR count). The number of anilines is 2. The molecule has 0 aliphatic rings. The van der Waals surface area contributed by atoms with Crippen molar-refractivity contribution >= 4 is 55.1 Å². The van der Waals surface area contributed by atoms with Crippen LogP contribution in [0.3, 0.4) is 0 Å². The molecule has 166 valence electrons. The fraction of sp³-hybridized carbons (Fsp3) is 0.136. The number of furan rings is 1. The number of halogens is 2. The van der Waals surface area contributed by atoms with Crippen molar-refractivity contribution in [3.8, 4) is 16.9 Å². The summed E-state index contributed by atoms with van der Waals surface area (Å²) in [5.74, 6) is 0.211. The summed E-state index contributed by atoms with van der Waals surface area (Å²) in [5, 5.41) is 0.670. The minimum Gasteiger partial charge on any atom is -0.487 e. The van der Waals surface area contributed by atoms with Gasteiger partial charge >= 0.3 is 0 Å². The molecule has 7 nitrogen and oxygen atoms in total. The Labute approximate surface area is 198 Å². The first-order valence-corrected chi connectivity index (χ1v) is 12.3. The average Bonchev–Trinajstić information content (AvgIpc) is 3.23. The number of nitrogens with one attached hydrogen (secondary N) is 1. The molecule has 0 amide bonds. The van der Waals surface area contributed by atoms with Gasteiger partial charge in [0.2, 0.25) is 10.0 Å². The zero-order valence-electron chi connectivity index (χ0n) is 16.9. The quantitative estimate of drug-likeness (QED) is 0.299. The maximum absolute atomic E-state index is 13.2. The Hall–Kier alpha value is -2.86. The summed E-state index contributed by atoms with van der Waals surface area (Å²) >= 11 is 2.12. The van der Waals surface area contributed by atoms with Crippen molar-refractivity contribution in [1.82, 2.24) is 4.98 Å². The molecule has 32 heavy (non-hydrogen) atoms. The molecule has 0 unspecified atom stereocenters. The fourth-order valence-corrected chi connectivity index (χ4v) is 4.31. The number of hydrogen-bond acceptors (Lipinski definition) is 6. The van der Waals surface area contributed by atoms with Crippen molar-refractivity contribution in [2.24, 2.45) is 0 Å². The summed E-state index contributed by atoms with van der Waals surface area (Å²) in [4.78, 5) is 4.20. The Morgan fingerprint density at radius 2 is 1.97 bits per heavy atom. The van der Waals surface area contributed by atoms with Gasteiger partial charge in [-0.3, -0.25) is 4.72 Å². The summed E-state index contributed by atoms with van der Waals surface area (Å²) in [6.07, 6.45) is 3.21. The van der Waals surface area contributed by atoms with Gasteiger partial charge in [0, 0.05) is 11.8 Å². The molecule has 3 N–H and O–H groups in total. The van der Waals surface area contributed by atoms with Gasteiger partial charge in [-0.15, -0.1) is 0 Å². The smallest absolute Gasteiger partial charge is 0.232 e.